The zero-order valence-corrected chi connectivity index (χ0v) is 8.31. The molecular formula is C8H12ClNO3. The van der Waals surface area contributed by atoms with Crippen molar-refractivity contribution in [3.63, 3.8) is 0 Å². The lowest BCUT2D eigenvalue weighted by molar-refractivity contribution is 0.0563. The first-order chi connectivity index (χ1) is 5.77. The van der Waals surface area contributed by atoms with Crippen LogP contribution in [0.1, 0.15) is 16.3 Å². The molecule has 0 amide bonds. The van der Waals surface area contributed by atoms with E-state index in [0.29, 0.717) is 6.54 Å². The summed E-state index contributed by atoms with van der Waals surface area (Å²) in [6.07, 6.45) is 0. The number of esters is 1. The molecule has 0 aliphatic rings. The molecule has 5 heteroatoms. The van der Waals surface area contributed by atoms with Gasteiger partial charge in [-0.15, -0.1) is 12.4 Å². The SMILES string of the molecule is CNCc1ccc(C(=O)OC)o1.Cl. The van der Waals surface area contributed by atoms with Gasteiger partial charge in [-0.3, -0.25) is 0 Å². The van der Waals surface area contributed by atoms with Crippen LogP contribution in [0.4, 0.5) is 0 Å². The van der Waals surface area contributed by atoms with Crippen molar-refractivity contribution in [2.24, 2.45) is 0 Å². The molecule has 74 valence electrons. The van der Waals surface area contributed by atoms with Gasteiger partial charge in [0.25, 0.3) is 0 Å². The van der Waals surface area contributed by atoms with E-state index in [2.05, 4.69) is 10.1 Å². The Morgan fingerprint density at radius 1 is 1.62 bits per heavy atom. The first-order valence-electron chi connectivity index (χ1n) is 3.59. The van der Waals surface area contributed by atoms with E-state index in [1.807, 2.05) is 0 Å². The van der Waals surface area contributed by atoms with Gasteiger partial charge >= 0.3 is 5.97 Å². The van der Waals surface area contributed by atoms with Crippen LogP contribution in [0.2, 0.25) is 0 Å². The monoisotopic (exact) mass is 205 g/mol. The third-order valence-corrected chi connectivity index (χ3v) is 1.40. The third kappa shape index (κ3) is 3.08. The number of hydrogen-bond donors (Lipinski definition) is 1. The molecule has 0 aliphatic heterocycles. The number of halogens is 1. The van der Waals surface area contributed by atoms with E-state index < -0.39 is 5.97 Å². The van der Waals surface area contributed by atoms with Crippen LogP contribution >= 0.6 is 12.4 Å². The highest BCUT2D eigenvalue weighted by Crippen LogP contribution is 2.08. The number of ether oxygens (including phenoxy) is 1. The van der Waals surface area contributed by atoms with Gasteiger partial charge in [0, 0.05) is 0 Å². The second-order valence-electron chi connectivity index (χ2n) is 2.29. The Morgan fingerprint density at radius 3 is 2.85 bits per heavy atom. The van der Waals surface area contributed by atoms with Gasteiger partial charge in [0.05, 0.1) is 13.7 Å². The lowest BCUT2D eigenvalue weighted by Gasteiger charge is -1.94. The molecule has 1 N–H and O–H groups in total. The minimum atomic E-state index is -0.447. The van der Waals surface area contributed by atoms with Crippen molar-refractivity contribution >= 4 is 18.4 Å². The molecule has 0 spiro atoms. The number of methoxy groups -OCH3 is 1. The van der Waals surface area contributed by atoms with Gasteiger partial charge in [0.2, 0.25) is 5.76 Å². The smallest absolute Gasteiger partial charge is 0.373 e. The van der Waals surface area contributed by atoms with Crippen LogP contribution < -0.4 is 5.32 Å². The Morgan fingerprint density at radius 2 is 2.31 bits per heavy atom. The second kappa shape index (κ2) is 5.61. The van der Waals surface area contributed by atoms with Crippen molar-refractivity contribution in [2.75, 3.05) is 14.2 Å². The first kappa shape index (κ1) is 12.0. The molecule has 0 aliphatic carbocycles. The van der Waals surface area contributed by atoms with Crippen LogP contribution in [-0.4, -0.2) is 20.1 Å². The Balaban J connectivity index is 0.00000144. The summed E-state index contributed by atoms with van der Waals surface area (Å²) in [4.78, 5) is 10.9. The van der Waals surface area contributed by atoms with E-state index in [-0.39, 0.29) is 18.2 Å². The van der Waals surface area contributed by atoms with Gasteiger partial charge in [-0.25, -0.2) is 4.79 Å². The second-order valence-corrected chi connectivity index (χ2v) is 2.29. The fourth-order valence-electron chi connectivity index (χ4n) is 0.857. The van der Waals surface area contributed by atoms with Gasteiger partial charge in [0.1, 0.15) is 5.76 Å². The zero-order valence-electron chi connectivity index (χ0n) is 7.49. The maximum absolute atomic E-state index is 10.9. The number of carbonyl (C=O) groups excluding carboxylic acids is 1. The summed E-state index contributed by atoms with van der Waals surface area (Å²) in [6, 6.07) is 3.33. The highest BCUT2D eigenvalue weighted by molar-refractivity contribution is 5.86. The number of carbonyl (C=O) groups is 1. The molecule has 1 heterocycles. The number of nitrogens with one attached hydrogen (secondary N) is 1. The van der Waals surface area contributed by atoms with Crippen LogP contribution in [0.5, 0.6) is 0 Å². The Labute approximate surface area is 82.7 Å². The molecule has 0 bridgehead atoms. The summed E-state index contributed by atoms with van der Waals surface area (Å²) in [5.41, 5.74) is 0. The van der Waals surface area contributed by atoms with Gasteiger partial charge in [-0.05, 0) is 19.2 Å². The lowest BCUT2D eigenvalue weighted by atomic mass is 10.4. The van der Waals surface area contributed by atoms with Crippen LogP contribution in [-0.2, 0) is 11.3 Å². The van der Waals surface area contributed by atoms with E-state index in [4.69, 9.17) is 4.42 Å². The molecule has 13 heavy (non-hydrogen) atoms. The summed E-state index contributed by atoms with van der Waals surface area (Å²) in [5, 5.41) is 2.91. The molecule has 1 rings (SSSR count). The van der Waals surface area contributed by atoms with E-state index in [1.165, 1.54) is 7.11 Å². The number of rotatable bonds is 3. The summed E-state index contributed by atoms with van der Waals surface area (Å²) in [5.74, 6) is 0.512. The molecule has 1 aromatic heterocycles. The number of hydrogen-bond acceptors (Lipinski definition) is 4. The molecule has 0 aromatic carbocycles. The first-order valence-corrected chi connectivity index (χ1v) is 3.59. The predicted octanol–water partition coefficient (Wildman–Crippen LogP) is 1.21. The molecule has 4 nitrogen and oxygen atoms in total. The average molecular weight is 206 g/mol. The molecular weight excluding hydrogens is 194 g/mol. The zero-order chi connectivity index (χ0) is 8.97. The highest BCUT2D eigenvalue weighted by atomic mass is 35.5. The molecule has 0 radical (unpaired) electrons. The number of furan rings is 1. The molecule has 0 atom stereocenters. The average Bonchev–Trinajstić information content (AvgIpc) is 2.52. The third-order valence-electron chi connectivity index (χ3n) is 1.40. The van der Waals surface area contributed by atoms with Crippen LogP contribution in [0.3, 0.4) is 0 Å². The Kier molecular flexibility index (Phi) is 5.18. The Bertz CT molecular complexity index is 272. The maximum atomic E-state index is 10.9. The maximum Gasteiger partial charge on any atom is 0.373 e. The topological polar surface area (TPSA) is 51.5 Å². The van der Waals surface area contributed by atoms with Crippen molar-refractivity contribution in [1.82, 2.24) is 5.32 Å². The quantitative estimate of drug-likeness (QED) is 0.754. The highest BCUT2D eigenvalue weighted by Gasteiger charge is 2.09. The lowest BCUT2D eigenvalue weighted by Crippen LogP contribution is -2.04. The summed E-state index contributed by atoms with van der Waals surface area (Å²) >= 11 is 0. The van der Waals surface area contributed by atoms with Crippen LogP contribution in [0, 0.1) is 0 Å². The minimum Gasteiger partial charge on any atom is -0.463 e. The molecule has 0 fully saturated rings. The summed E-state index contributed by atoms with van der Waals surface area (Å²) < 4.78 is 9.61. The van der Waals surface area contributed by atoms with Crippen molar-refractivity contribution in [3.05, 3.63) is 23.7 Å². The Hall–Kier alpha value is -1.00. The van der Waals surface area contributed by atoms with Gasteiger partial charge < -0.3 is 14.5 Å². The van der Waals surface area contributed by atoms with E-state index >= 15 is 0 Å². The largest absolute Gasteiger partial charge is 0.463 e. The van der Waals surface area contributed by atoms with Gasteiger partial charge in [0.15, 0.2) is 0 Å². The van der Waals surface area contributed by atoms with Gasteiger partial charge in [-0.2, -0.15) is 0 Å². The fourth-order valence-corrected chi connectivity index (χ4v) is 0.857. The van der Waals surface area contributed by atoms with E-state index in [1.54, 1.807) is 19.2 Å². The van der Waals surface area contributed by atoms with Crippen molar-refractivity contribution < 1.29 is 13.9 Å². The molecule has 0 saturated carbocycles. The fraction of sp³-hybridized carbons (Fsp3) is 0.375. The molecule has 0 saturated heterocycles. The molecule has 0 unspecified atom stereocenters. The van der Waals surface area contributed by atoms with Crippen molar-refractivity contribution in [3.8, 4) is 0 Å². The van der Waals surface area contributed by atoms with Gasteiger partial charge in [-0.1, -0.05) is 0 Å². The van der Waals surface area contributed by atoms with Crippen molar-refractivity contribution in [2.45, 2.75) is 6.54 Å². The summed E-state index contributed by atoms with van der Waals surface area (Å²) in [7, 11) is 3.13. The summed E-state index contributed by atoms with van der Waals surface area (Å²) in [6.45, 7) is 0.608. The van der Waals surface area contributed by atoms with Crippen LogP contribution in [0.15, 0.2) is 16.5 Å². The van der Waals surface area contributed by atoms with E-state index in [0.717, 1.165) is 5.76 Å². The van der Waals surface area contributed by atoms with E-state index in [9.17, 15) is 4.79 Å². The standard InChI is InChI=1S/C8H11NO3.ClH/c1-9-5-6-3-4-7(12-6)8(10)11-2;/h3-4,9H,5H2,1-2H3;1H. The predicted molar refractivity (Wildman–Crippen MR) is 50.1 cm³/mol. The minimum absolute atomic E-state index is 0. The molecule has 1 aromatic rings. The normalized spacial score (nSPS) is 9.08. The van der Waals surface area contributed by atoms with Crippen LogP contribution in [0.25, 0.3) is 0 Å². The van der Waals surface area contributed by atoms with Crippen molar-refractivity contribution in [1.29, 1.82) is 0 Å².